The van der Waals surface area contributed by atoms with Crippen LogP contribution in [0.3, 0.4) is 0 Å². The smallest absolute Gasteiger partial charge is 0.416 e. The largest absolute Gasteiger partial charge is 0.478 e. The first kappa shape index (κ1) is 22.9. The lowest BCUT2D eigenvalue weighted by Crippen LogP contribution is -2.16. The number of aryl methyl sites for hydroxylation is 2. The summed E-state index contributed by atoms with van der Waals surface area (Å²) in [6, 6.07) is 16.7. The zero-order chi connectivity index (χ0) is 23.3. The molecule has 0 aliphatic rings. The topological polar surface area (TPSA) is 78.4 Å². The SMILES string of the molecule is CNc1ccc(C(F)(F)F)cc1C(=O)Nc1ccc(CCc2ccc(C(=O)O)cc2)cc1. The number of amides is 1. The first-order valence-corrected chi connectivity index (χ1v) is 9.79. The van der Waals surface area contributed by atoms with E-state index in [-0.39, 0.29) is 11.1 Å². The highest BCUT2D eigenvalue weighted by Gasteiger charge is 2.31. The molecule has 8 heteroatoms. The van der Waals surface area contributed by atoms with Crippen LogP contribution in [0.25, 0.3) is 0 Å². The van der Waals surface area contributed by atoms with Crippen LogP contribution in [-0.2, 0) is 19.0 Å². The van der Waals surface area contributed by atoms with Crippen molar-refractivity contribution in [3.05, 3.63) is 94.5 Å². The first-order valence-electron chi connectivity index (χ1n) is 9.79. The maximum atomic E-state index is 13.0. The van der Waals surface area contributed by atoms with Crippen molar-refractivity contribution in [3.63, 3.8) is 0 Å². The summed E-state index contributed by atoms with van der Waals surface area (Å²) in [5.74, 6) is -1.62. The van der Waals surface area contributed by atoms with E-state index in [1.54, 1.807) is 36.4 Å². The molecule has 0 radical (unpaired) electrons. The molecule has 0 aliphatic heterocycles. The van der Waals surface area contributed by atoms with Crippen LogP contribution in [0.5, 0.6) is 0 Å². The van der Waals surface area contributed by atoms with Crippen LogP contribution < -0.4 is 10.6 Å². The lowest BCUT2D eigenvalue weighted by atomic mass is 10.0. The lowest BCUT2D eigenvalue weighted by Gasteiger charge is -2.13. The number of rotatable bonds is 7. The maximum Gasteiger partial charge on any atom is 0.416 e. The van der Waals surface area contributed by atoms with Gasteiger partial charge in [0.05, 0.1) is 16.7 Å². The number of hydrogen-bond donors (Lipinski definition) is 3. The van der Waals surface area contributed by atoms with Crippen molar-refractivity contribution >= 4 is 23.3 Å². The molecule has 0 aliphatic carbocycles. The summed E-state index contributed by atoms with van der Waals surface area (Å²) in [6.07, 6.45) is -3.13. The van der Waals surface area contributed by atoms with Crippen molar-refractivity contribution in [1.29, 1.82) is 0 Å². The standard InChI is InChI=1S/C24H21F3N2O3/c1-28-21-13-10-18(24(25,26)27)14-20(21)22(30)29-19-11-6-16(7-12-19)3-2-15-4-8-17(9-5-15)23(31)32/h4-14,28H,2-3H2,1H3,(H,29,30)(H,31,32). The van der Waals surface area contributed by atoms with Gasteiger partial charge in [0.25, 0.3) is 5.91 Å². The fraction of sp³-hybridized carbons (Fsp3) is 0.167. The molecule has 0 spiro atoms. The molecule has 5 nitrogen and oxygen atoms in total. The number of alkyl halides is 3. The van der Waals surface area contributed by atoms with Gasteiger partial charge in [0.2, 0.25) is 0 Å². The number of carbonyl (C=O) groups is 2. The van der Waals surface area contributed by atoms with E-state index in [9.17, 15) is 22.8 Å². The van der Waals surface area contributed by atoms with Gasteiger partial charge in [-0.25, -0.2) is 4.79 Å². The molecule has 0 saturated carbocycles. The van der Waals surface area contributed by atoms with Crippen molar-refractivity contribution in [2.75, 3.05) is 17.7 Å². The molecule has 0 aromatic heterocycles. The van der Waals surface area contributed by atoms with Crippen LogP contribution in [-0.4, -0.2) is 24.0 Å². The third-order valence-corrected chi connectivity index (χ3v) is 4.98. The highest BCUT2D eigenvalue weighted by atomic mass is 19.4. The van der Waals surface area contributed by atoms with Crippen LogP contribution in [0.15, 0.2) is 66.7 Å². The number of hydrogen-bond acceptors (Lipinski definition) is 3. The van der Waals surface area contributed by atoms with Gasteiger partial charge in [0, 0.05) is 18.4 Å². The predicted molar refractivity (Wildman–Crippen MR) is 116 cm³/mol. The molecular formula is C24H21F3N2O3. The summed E-state index contributed by atoms with van der Waals surface area (Å²) in [7, 11) is 1.53. The van der Waals surface area contributed by atoms with E-state index in [1.807, 2.05) is 12.1 Å². The average molecular weight is 442 g/mol. The van der Waals surface area contributed by atoms with Crippen LogP contribution in [0.2, 0.25) is 0 Å². The molecule has 0 unspecified atom stereocenters. The Kier molecular flexibility index (Phi) is 6.82. The van der Waals surface area contributed by atoms with Gasteiger partial charge in [-0.1, -0.05) is 24.3 Å². The Morgan fingerprint density at radius 1 is 0.875 bits per heavy atom. The number of benzene rings is 3. The quantitative estimate of drug-likeness (QED) is 0.453. The monoisotopic (exact) mass is 442 g/mol. The van der Waals surface area contributed by atoms with Crippen molar-refractivity contribution in [2.24, 2.45) is 0 Å². The molecule has 1 amide bonds. The molecule has 0 fully saturated rings. The zero-order valence-electron chi connectivity index (χ0n) is 17.2. The summed E-state index contributed by atoms with van der Waals surface area (Å²) >= 11 is 0. The van der Waals surface area contributed by atoms with Crippen molar-refractivity contribution < 1.29 is 27.9 Å². The van der Waals surface area contributed by atoms with E-state index in [0.29, 0.717) is 24.2 Å². The Labute approximate surface area is 182 Å². The number of carboxylic acid groups (broad SMARTS) is 1. The van der Waals surface area contributed by atoms with Gasteiger partial charge in [-0.05, 0) is 66.4 Å². The Morgan fingerprint density at radius 2 is 1.44 bits per heavy atom. The molecule has 0 heterocycles. The Morgan fingerprint density at radius 3 is 1.94 bits per heavy atom. The predicted octanol–water partition coefficient (Wildman–Crippen LogP) is 5.48. The highest BCUT2D eigenvalue weighted by molar-refractivity contribution is 6.08. The molecule has 3 rings (SSSR count). The molecule has 3 N–H and O–H groups in total. The maximum absolute atomic E-state index is 13.0. The van der Waals surface area contributed by atoms with Crippen LogP contribution in [0, 0.1) is 0 Å². The third kappa shape index (κ3) is 5.66. The van der Waals surface area contributed by atoms with Crippen LogP contribution in [0.1, 0.15) is 37.4 Å². The second kappa shape index (κ2) is 9.55. The second-order valence-corrected chi connectivity index (χ2v) is 7.16. The second-order valence-electron chi connectivity index (χ2n) is 7.16. The van der Waals surface area contributed by atoms with Gasteiger partial charge >= 0.3 is 12.1 Å². The fourth-order valence-corrected chi connectivity index (χ4v) is 3.18. The molecule has 3 aromatic rings. The first-order chi connectivity index (χ1) is 15.2. The molecule has 166 valence electrons. The van der Waals surface area contributed by atoms with Gasteiger partial charge in [-0.3, -0.25) is 4.79 Å². The highest BCUT2D eigenvalue weighted by Crippen LogP contribution is 2.32. The Bertz CT molecular complexity index is 1110. The van der Waals surface area contributed by atoms with Crippen LogP contribution in [0.4, 0.5) is 24.5 Å². The number of nitrogens with one attached hydrogen (secondary N) is 2. The fourth-order valence-electron chi connectivity index (χ4n) is 3.18. The molecule has 0 atom stereocenters. The van der Waals surface area contributed by atoms with Gasteiger partial charge in [0.15, 0.2) is 0 Å². The average Bonchev–Trinajstić information content (AvgIpc) is 2.77. The minimum Gasteiger partial charge on any atom is -0.478 e. The van der Waals surface area contributed by atoms with Crippen LogP contribution >= 0.6 is 0 Å². The molecular weight excluding hydrogens is 421 g/mol. The van der Waals surface area contributed by atoms with E-state index < -0.39 is 23.6 Å². The summed E-state index contributed by atoms with van der Waals surface area (Å²) in [5.41, 5.74) is 1.99. The Hall–Kier alpha value is -3.81. The number of carbonyl (C=O) groups excluding carboxylic acids is 1. The van der Waals surface area contributed by atoms with Crippen molar-refractivity contribution in [2.45, 2.75) is 19.0 Å². The van der Waals surface area contributed by atoms with E-state index in [2.05, 4.69) is 10.6 Å². The van der Waals surface area contributed by atoms with E-state index in [1.165, 1.54) is 13.1 Å². The lowest BCUT2D eigenvalue weighted by molar-refractivity contribution is -0.137. The minimum absolute atomic E-state index is 0.101. The third-order valence-electron chi connectivity index (χ3n) is 4.98. The number of halogens is 3. The molecule has 0 saturated heterocycles. The van der Waals surface area contributed by atoms with Crippen molar-refractivity contribution in [3.8, 4) is 0 Å². The van der Waals surface area contributed by atoms with Gasteiger partial charge in [0.1, 0.15) is 0 Å². The summed E-state index contributed by atoms with van der Waals surface area (Å²) in [4.78, 5) is 23.5. The van der Waals surface area contributed by atoms with E-state index in [4.69, 9.17) is 5.11 Å². The minimum atomic E-state index is -4.54. The molecule has 32 heavy (non-hydrogen) atoms. The van der Waals surface area contributed by atoms with Gasteiger partial charge in [-0.15, -0.1) is 0 Å². The van der Waals surface area contributed by atoms with Crippen molar-refractivity contribution in [1.82, 2.24) is 0 Å². The number of carboxylic acids is 1. The molecule has 3 aromatic carbocycles. The number of aromatic carboxylic acids is 1. The zero-order valence-corrected chi connectivity index (χ0v) is 17.2. The summed E-state index contributed by atoms with van der Waals surface area (Å²) < 4.78 is 39.0. The van der Waals surface area contributed by atoms with E-state index >= 15 is 0 Å². The normalized spacial score (nSPS) is 11.1. The molecule has 0 bridgehead atoms. The summed E-state index contributed by atoms with van der Waals surface area (Å²) in [6.45, 7) is 0. The Balaban J connectivity index is 1.65. The van der Waals surface area contributed by atoms with E-state index in [0.717, 1.165) is 23.3 Å². The van der Waals surface area contributed by atoms with Gasteiger partial charge < -0.3 is 15.7 Å². The van der Waals surface area contributed by atoms with Gasteiger partial charge in [-0.2, -0.15) is 13.2 Å². The summed E-state index contributed by atoms with van der Waals surface area (Å²) in [5, 5.41) is 14.3. The number of anilines is 2.